The number of hydrogen-bond donors (Lipinski definition) is 2. The van der Waals surface area contributed by atoms with E-state index in [1.165, 1.54) is 12.1 Å². The first-order valence-electron chi connectivity index (χ1n) is 11.9. The number of hydrogen-bond acceptors (Lipinski definition) is 3. The lowest BCUT2D eigenvalue weighted by atomic mass is 10.1. The van der Waals surface area contributed by atoms with Gasteiger partial charge in [-0.2, -0.15) is 13.2 Å². The molecule has 0 bridgehead atoms. The van der Waals surface area contributed by atoms with Crippen molar-refractivity contribution >= 4 is 17.7 Å². The Kier molecular flexibility index (Phi) is 7.00. The van der Waals surface area contributed by atoms with Gasteiger partial charge < -0.3 is 15.5 Å². The summed E-state index contributed by atoms with van der Waals surface area (Å²) in [4.78, 5) is 39.8. The van der Waals surface area contributed by atoms with Crippen molar-refractivity contribution < 1.29 is 36.3 Å². The number of amides is 3. The smallest absolute Gasteiger partial charge is 0.350 e. The maximum absolute atomic E-state index is 14.7. The number of benzene rings is 2. The quantitative estimate of drug-likeness (QED) is 0.545. The summed E-state index contributed by atoms with van der Waals surface area (Å²) in [7, 11) is 0. The third-order valence-corrected chi connectivity index (χ3v) is 6.95. The van der Waals surface area contributed by atoms with Gasteiger partial charge in [0.05, 0.1) is 5.56 Å². The molecule has 1 aliphatic heterocycles. The second-order valence-corrected chi connectivity index (χ2v) is 9.74. The molecule has 11 heteroatoms. The first kappa shape index (κ1) is 26.6. The summed E-state index contributed by atoms with van der Waals surface area (Å²) in [6, 6.07) is 5.56. The summed E-state index contributed by atoms with van der Waals surface area (Å²) in [5.74, 6) is -3.86. The van der Waals surface area contributed by atoms with E-state index in [-0.39, 0.29) is 54.6 Å². The van der Waals surface area contributed by atoms with Crippen LogP contribution in [-0.4, -0.2) is 40.2 Å². The molecule has 37 heavy (non-hydrogen) atoms. The van der Waals surface area contributed by atoms with Gasteiger partial charge >= 0.3 is 6.18 Å². The third kappa shape index (κ3) is 5.60. The molecule has 2 N–H and O–H groups in total. The van der Waals surface area contributed by atoms with E-state index in [0.717, 1.165) is 18.9 Å². The van der Waals surface area contributed by atoms with Gasteiger partial charge in [-0.15, -0.1) is 0 Å². The summed E-state index contributed by atoms with van der Waals surface area (Å²) in [6.07, 6.45) is -2.66. The SMILES string of the molecule is CC1CCC(C)N1C(=O)c1ccc(CNC(=O)C2(NC(=O)c3cc(F)cc(C(F)(F)F)c3)CC2)c(F)c1. The average molecular weight is 524 g/mol. The normalized spacial score (nSPS) is 20.5. The maximum Gasteiger partial charge on any atom is 0.416 e. The van der Waals surface area contributed by atoms with Crippen LogP contribution in [0.1, 0.15) is 71.4 Å². The van der Waals surface area contributed by atoms with Gasteiger partial charge in [0.2, 0.25) is 5.91 Å². The van der Waals surface area contributed by atoms with E-state index in [2.05, 4.69) is 10.6 Å². The lowest BCUT2D eigenvalue weighted by Crippen LogP contribution is -2.48. The summed E-state index contributed by atoms with van der Waals surface area (Å²) < 4.78 is 67.3. The van der Waals surface area contributed by atoms with Crippen LogP contribution < -0.4 is 10.6 Å². The lowest BCUT2D eigenvalue weighted by Gasteiger charge is -2.26. The van der Waals surface area contributed by atoms with Crippen molar-refractivity contribution in [3.63, 3.8) is 0 Å². The molecule has 4 rings (SSSR count). The van der Waals surface area contributed by atoms with Gasteiger partial charge in [-0.1, -0.05) is 6.07 Å². The minimum Gasteiger partial charge on any atom is -0.350 e. The number of nitrogens with zero attached hydrogens (tertiary/aromatic N) is 1. The van der Waals surface area contributed by atoms with Crippen LogP contribution in [0.25, 0.3) is 0 Å². The van der Waals surface area contributed by atoms with Crippen molar-refractivity contribution in [2.75, 3.05) is 0 Å². The Labute approximate surface area is 210 Å². The summed E-state index contributed by atoms with van der Waals surface area (Å²) in [6.45, 7) is 3.65. The predicted octanol–water partition coefficient (Wildman–Crippen LogP) is 4.58. The van der Waals surface area contributed by atoms with Crippen LogP contribution in [0.5, 0.6) is 0 Å². The zero-order valence-corrected chi connectivity index (χ0v) is 20.2. The molecule has 2 fully saturated rings. The van der Waals surface area contributed by atoms with Crippen LogP contribution in [-0.2, 0) is 17.5 Å². The van der Waals surface area contributed by atoms with Gasteiger partial charge in [-0.25, -0.2) is 8.78 Å². The standard InChI is InChI=1S/C26H26F5N3O3/c1-14-3-4-15(2)34(14)23(36)16-5-6-17(21(28)11-16)13-32-24(37)25(7-8-25)33-22(35)18-9-19(26(29,30)31)12-20(27)10-18/h5-6,9-12,14-15H,3-4,7-8,13H2,1-2H3,(H,32,37)(H,33,35). The Bertz CT molecular complexity index is 1230. The molecule has 0 aromatic heterocycles. The largest absolute Gasteiger partial charge is 0.416 e. The Balaban J connectivity index is 1.39. The number of carbonyl (C=O) groups excluding carboxylic acids is 3. The topological polar surface area (TPSA) is 78.5 Å². The van der Waals surface area contributed by atoms with Crippen molar-refractivity contribution in [3.8, 4) is 0 Å². The molecule has 1 saturated heterocycles. The molecule has 2 atom stereocenters. The molecule has 2 aliphatic rings. The van der Waals surface area contributed by atoms with E-state index >= 15 is 0 Å². The monoisotopic (exact) mass is 523 g/mol. The highest BCUT2D eigenvalue weighted by Crippen LogP contribution is 2.37. The minimum atomic E-state index is -4.85. The second-order valence-electron chi connectivity index (χ2n) is 9.74. The highest BCUT2D eigenvalue weighted by Gasteiger charge is 2.51. The van der Waals surface area contributed by atoms with E-state index in [1.807, 2.05) is 13.8 Å². The van der Waals surface area contributed by atoms with Gasteiger partial charge in [0.15, 0.2) is 0 Å². The van der Waals surface area contributed by atoms with Crippen molar-refractivity contribution in [1.82, 2.24) is 15.5 Å². The number of likely N-dealkylation sites (tertiary alicyclic amines) is 1. The van der Waals surface area contributed by atoms with Crippen LogP contribution in [0.2, 0.25) is 0 Å². The molecule has 3 amide bonds. The molecule has 1 heterocycles. The number of halogens is 5. The summed E-state index contributed by atoms with van der Waals surface area (Å²) in [5.41, 5.74) is -2.95. The average Bonchev–Trinajstić information content (AvgIpc) is 3.53. The van der Waals surface area contributed by atoms with Crippen molar-refractivity contribution in [1.29, 1.82) is 0 Å². The molecule has 2 unspecified atom stereocenters. The fourth-order valence-corrected chi connectivity index (χ4v) is 4.62. The number of alkyl halides is 3. The maximum atomic E-state index is 14.7. The van der Waals surface area contributed by atoms with Crippen molar-refractivity contribution in [2.24, 2.45) is 0 Å². The molecule has 6 nitrogen and oxygen atoms in total. The van der Waals surface area contributed by atoms with Gasteiger partial charge in [0.1, 0.15) is 17.2 Å². The van der Waals surface area contributed by atoms with Gasteiger partial charge in [0.25, 0.3) is 11.8 Å². The molecule has 1 aliphatic carbocycles. The molecule has 2 aromatic rings. The second kappa shape index (κ2) is 9.75. The van der Waals surface area contributed by atoms with Crippen LogP contribution >= 0.6 is 0 Å². The summed E-state index contributed by atoms with van der Waals surface area (Å²) >= 11 is 0. The predicted molar refractivity (Wildman–Crippen MR) is 123 cm³/mol. The highest BCUT2D eigenvalue weighted by atomic mass is 19.4. The number of carbonyl (C=O) groups is 3. The molecule has 198 valence electrons. The van der Waals surface area contributed by atoms with E-state index < -0.39 is 46.3 Å². The zero-order chi connectivity index (χ0) is 27.1. The first-order chi connectivity index (χ1) is 17.3. The van der Waals surface area contributed by atoms with E-state index in [0.29, 0.717) is 12.1 Å². The van der Waals surface area contributed by atoms with Crippen molar-refractivity contribution in [2.45, 2.75) is 69.9 Å². The molecular weight excluding hydrogens is 497 g/mol. The van der Waals surface area contributed by atoms with E-state index in [1.54, 1.807) is 4.90 Å². The Morgan fingerprint density at radius 3 is 2.19 bits per heavy atom. The van der Waals surface area contributed by atoms with Crippen LogP contribution in [0, 0.1) is 11.6 Å². The fraction of sp³-hybridized carbons (Fsp3) is 0.423. The molecule has 1 saturated carbocycles. The van der Waals surface area contributed by atoms with E-state index in [4.69, 9.17) is 0 Å². The Morgan fingerprint density at radius 2 is 1.62 bits per heavy atom. The Morgan fingerprint density at radius 1 is 0.973 bits per heavy atom. The highest BCUT2D eigenvalue weighted by molar-refractivity contribution is 6.00. The Hall–Kier alpha value is -3.50. The number of nitrogens with one attached hydrogen (secondary N) is 2. The van der Waals surface area contributed by atoms with Crippen LogP contribution in [0.15, 0.2) is 36.4 Å². The van der Waals surface area contributed by atoms with Gasteiger partial charge in [0, 0.05) is 35.3 Å². The zero-order valence-electron chi connectivity index (χ0n) is 20.2. The van der Waals surface area contributed by atoms with Gasteiger partial charge in [-0.3, -0.25) is 14.4 Å². The van der Waals surface area contributed by atoms with Crippen LogP contribution in [0.3, 0.4) is 0 Å². The molecule has 2 aromatic carbocycles. The van der Waals surface area contributed by atoms with Crippen LogP contribution in [0.4, 0.5) is 22.0 Å². The molecule has 0 radical (unpaired) electrons. The van der Waals surface area contributed by atoms with Gasteiger partial charge in [-0.05, 0) is 69.9 Å². The minimum absolute atomic E-state index is 0.0573. The lowest BCUT2D eigenvalue weighted by molar-refractivity contribution is -0.137. The third-order valence-electron chi connectivity index (χ3n) is 6.95. The van der Waals surface area contributed by atoms with E-state index in [9.17, 15) is 36.3 Å². The first-order valence-corrected chi connectivity index (χ1v) is 11.9. The molecule has 0 spiro atoms. The fourth-order valence-electron chi connectivity index (χ4n) is 4.62. The number of rotatable bonds is 6. The summed E-state index contributed by atoms with van der Waals surface area (Å²) in [5, 5.41) is 4.90. The van der Waals surface area contributed by atoms with Crippen molar-refractivity contribution in [3.05, 3.63) is 70.3 Å². The molecular formula is C26H26F5N3O3.